The first-order valence-electron chi connectivity index (χ1n) is 9.56. The van der Waals surface area contributed by atoms with Gasteiger partial charge in [0.05, 0.1) is 24.2 Å². The van der Waals surface area contributed by atoms with Gasteiger partial charge in [-0.15, -0.1) is 0 Å². The predicted molar refractivity (Wildman–Crippen MR) is 108 cm³/mol. The van der Waals surface area contributed by atoms with Crippen molar-refractivity contribution in [3.63, 3.8) is 0 Å². The lowest BCUT2D eigenvalue weighted by Crippen LogP contribution is -2.44. The molecule has 1 aromatic heterocycles. The molecule has 28 heavy (non-hydrogen) atoms. The molecule has 4 N–H and O–H groups in total. The highest BCUT2D eigenvalue weighted by molar-refractivity contribution is 5.76. The van der Waals surface area contributed by atoms with Gasteiger partial charge in [0.2, 0.25) is 0 Å². The molecule has 1 saturated heterocycles. The monoisotopic (exact) mass is 379 g/mol. The van der Waals surface area contributed by atoms with Crippen molar-refractivity contribution >= 4 is 17.1 Å². The number of carbonyl (C=O) groups is 1. The summed E-state index contributed by atoms with van der Waals surface area (Å²) in [5.41, 5.74) is 2.94. The van der Waals surface area contributed by atoms with Gasteiger partial charge in [-0.25, -0.2) is 9.78 Å². The molecule has 1 fully saturated rings. The minimum atomic E-state index is -0.268. The Morgan fingerprint density at radius 2 is 2.07 bits per heavy atom. The Hall–Kier alpha value is -3.06. The van der Waals surface area contributed by atoms with E-state index in [-0.39, 0.29) is 18.1 Å². The van der Waals surface area contributed by atoms with E-state index in [1.54, 1.807) is 7.11 Å². The minimum Gasteiger partial charge on any atom is -0.497 e. The Labute approximate surface area is 163 Å². The van der Waals surface area contributed by atoms with Gasteiger partial charge in [0.25, 0.3) is 0 Å². The maximum atomic E-state index is 12.6. The number of amides is 2. The highest BCUT2D eigenvalue weighted by Crippen LogP contribution is 2.21. The standard InChI is InChI=1S/C21H25N5O2/c1-28-16-8-6-14(7-9-16)12-19(26-21(27)23-15-10-11-22-13-15)20-24-17-4-2-3-5-18(17)25-20/h2-9,15,19,22H,10-13H2,1H3,(H,24,25)(H2,23,26,27)/t15-,19-/m1/s1. The average Bonchev–Trinajstić information content (AvgIpc) is 3.37. The van der Waals surface area contributed by atoms with Gasteiger partial charge in [-0.3, -0.25) is 0 Å². The fourth-order valence-electron chi connectivity index (χ4n) is 3.51. The van der Waals surface area contributed by atoms with Crippen LogP contribution in [0.5, 0.6) is 5.75 Å². The summed E-state index contributed by atoms with van der Waals surface area (Å²) in [6.45, 7) is 1.74. The number of para-hydroxylation sites is 2. The van der Waals surface area contributed by atoms with E-state index in [0.717, 1.165) is 47.7 Å². The number of nitrogens with one attached hydrogen (secondary N) is 4. The topological polar surface area (TPSA) is 91.1 Å². The Kier molecular flexibility index (Phi) is 5.43. The number of aromatic amines is 1. The molecule has 2 heterocycles. The van der Waals surface area contributed by atoms with E-state index < -0.39 is 0 Å². The third-order valence-electron chi connectivity index (χ3n) is 5.04. The number of urea groups is 1. The molecule has 7 nitrogen and oxygen atoms in total. The summed E-state index contributed by atoms with van der Waals surface area (Å²) in [6.07, 6.45) is 1.57. The van der Waals surface area contributed by atoms with Crippen LogP contribution in [0.2, 0.25) is 0 Å². The van der Waals surface area contributed by atoms with Gasteiger partial charge in [0.15, 0.2) is 0 Å². The Morgan fingerprint density at radius 1 is 1.25 bits per heavy atom. The van der Waals surface area contributed by atoms with Gasteiger partial charge >= 0.3 is 6.03 Å². The van der Waals surface area contributed by atoms with Gasteiger partial charge in [-0.2, -0.15) is 0 Å². The van der Waals surface area contributed by atoms with Crippen LogP contribution in [0.15, 0.2) is 48.5 Å². The number of fused-ring (bicyclic) bond motifs is 1. The molecule has 0 saturated carbocycles. The summed E-state index contributed by atoms with van der Waals surface area (Å²) in [7, 11) is 1.65. The lowest BCUT2D eigenvalue weighted by molar-refractivity contribution is 0.233. The van der Waals surface area contributed by atoms with E-state index in [1.165, 1.54) is 0 Å². The van der Waals surface area contributed by atoms with Gasteiger partial charge in [-0.05, 0) is 49.2 Å². The predicted octanol–water partition coefficient (Wildman–Crippen LogP) is 2.52. The average molecular weight is 379 g/mol. The second-order valence-corrected chi connectivity index (χ2v) is 7.05. The molecule has 3 aromatic rings. The van der Waals surface area contributed by atoms with E-state index in [0.29, 0.717) is 6.42 Å². The van der Waals surface area contributed by atoms with Gasteiger partial charge in [-0.1, -0.05) is 24.3 Å². The zero-order valence-corrected chi connectivity index (χ0v) is 15.9. The third-order valence-corrected chi connectivity index (χ3v) is 5.04. The van der Waals surface area contributed by atoms with E-state index >= 15 is 0 Å². The molecule has 1 aliphatic heterocycles. The Morgan fingerprint density at radius 3 is 2.79 bits per heavy atom. The maximum Gasteiger partial charge on any atom is 0.315 e. The zero-order valence-electron chi connectivity index (χ0n) is 15.9. The van der Waals surface area contributed by atoms with Crippen LogP contribution >= 0.6 is 0 Å². The molecule has 2 atom stereocenters. The largest absolute Gasteiger partial charge is 0.497 e. The van der Waals surface area contributed by atoms with E-state index in [9.17, 15) is 4.79 Å². The van der Waals surface area contributed by atoms with E-state index in [2.05, 4.69) is 20.9 Å². The number of ether oxygens (including phenoxy) is 1. The van der Waals surface area contributed by atoms with Gasteiger partial charge in [0.1, 0.15) is 11.6 Å². The van der Waals surface area contributed by atoms with Crippen molar-refractivity contribution in [2.24, 2.45) is 0 Å². The van der Waals surface area contributed by atoms with Crippen molar-refractivity contribution in [1.29, 1.82) is 0 Å². The number of carbonyl (C=O) groups excluding carboxylic acids is 1. The number of nitrogens with zero attached hydrogens (tertiary/aromatic N) is 1. The molecule has 2 amide bonds. The van der Waals surface area contributed by atoms with Crippen LogP contribution in [-0.4, -0.2) is 42.2 Å². The van der Waals surface area contributed by atoms with Crippen molar-refractivity contribution in [2.75, 3.05) is 20.2 Å². The van der Waals surface area contributed by atoms with Crippen LogP contribution in [0.1, 0.15) is 23.9 Å². The zero-order chi connectivity index (χ0) is 19.3. The highest BCUT2D eigenvalue weighted by atomic mass is 16.5. The fraction of sp³-hybridized carbons (Fsp3) is 0.333. The normalized spacial score (nSPS) is 17.4. The molecule has 0 aliphatic carbocycles. The fourth-order valence-corrected chi connectivity index (χ4v) is 3.51. The molecule has 0 radical (unpaired) electrons. The summed E-state index contributed by atoms with van der Waals surface area (Å²) in [4.78, 5) is 20.6. The SMILES string of the molecule is COc1ccc(C[C@@H](NC(=O)N[C@@H]2CCNC2)c2nc3ccccc3[nH]2)cc1. The summed E-state index contributed by atoms with van der Waals surface area (Å²) >= 11 is 0. The molecule has 2 aromatic carbocycles. The Balaban J connectivity index is 1.54. The van der Waals surface area contributed by atoms with Crippen molar-refractivity contribution in [3.05, 3.63) is 59.9 Å². The van der Waals surface area contributed by atoms with Crippen LogP contribution in [0.25, 0.3) is 11.0 Å². The van der Waals surface area contributed by atoms with Crippen molar-refractivity contribution in [2.45, 2.75) is 24.9 Å². The number of hydrogen-bond acceptors (Lipinski definition) is 4. The van der Waals surface area contributed by atoms with Crippen LogP contribution in [0.4, 0.5) is 4.79 Å². The lowest BCUT2D eigenvalue weighted by atomic mass is 10.1. The molecule has 1 aliphatic rings. The number of hydrogen-bond donors (Lipinski definition) is 4. The van der Waals surface area contributed by atoms with Crippen molar-refractivity contribution < 1.29 is 9.53 Å². The number of imidazole rings is 1. The lowest BCUT2D eigenvalue weighted by Gasteiger charge is -2.19. The second kappa shape index (κ2) is 8.31. The Bertz CT molecular complexity index is 898. The minimum absolute atomic E-state index is 0.164. The highest BCUT2D eigenvalue weighted by Gasteiger charge is 2.22. The summed E-state index contributed by atoms with van der Waals surface area (Å²) in [5.74, 6) is 1.56. The van der Waals surface area contributed by atoms with Gasteiger partial charge < -0.3 is 25.7 Å². The molecule has 0 spiro atoms. The van der Waals surface area contributed by atoms with Crippen LogP contribution in [-0.2, 0) is 6.42 Å². The quantitative estimate of drug-likeness (QED) is 0.530. The molecule has 146 valence electrons. The number of methoxy groups -OCH3 is 1. The molecule has 7 heteroatoms. The van der Waals surface area contributed by atoms with E-state index in [4.69, 9.17) is 9.72 Å². The smallest absolute Gasteiger partial charge is 0.315 e. The number of benzene rings is 2. The summed E-state index contributed by atoms with van der Waals surface area (Å²) in [5, 5.41) is 9.40. The molecular weight excluding hydrogens is 354 g/mol. The summed E-state index contributed by atoms with van der Waals surface area (Å²) in [6, 6.07) is 15.5. The summed E-state index contributed by atoms with van der Waals surface area (Å²) < 4.78 is 5.23. The third kappa shape index (κ3) is 4.26. The first-order valence-corrected chi connectivity index (χ1v) is 9.56. The maximum absolute atomic E-state index is 12.6. The molecule has 0 bridgehead atoms. The molecule has 4 rings (SSSR count). The van der Waals surface area contributed by atoms with Crippen LogP contribution < -0.4 is 20.7 Å². The molecule has 0 unspecified atom stereocenters. The van der Waals surface area contributed by atoms with E-state index in [1.807, 2.05) is 48.5 Å². The first kappa shape index (κ1) is 18.3. The van der Waals surface area contributed by atoms with Gasteiger partial charge in [0, 0.05) is 12.6 Å². The van der Waals surface area contributed by atoms with Crippen LogP contribution in [0.3, 0.4) is 0 Å². The number of rotatable bonds is 6. The van der Waals surface area contributed by atoms with Crippen molar-refractivity contribution in [3.8, 4) is 5.75 Å². The van der Waals surface area contributed by atoms with Crippen LogP contribution in [0, 0.1) is 0 Å². The number of H-pyrrole nitrogens is 1. The van der Waals surface area contributed by atoms with Crippen molar-refractivity contribution in [1.82, 2.24) is 25.9 Å². The second-order valence-electron chi connectivity index (χ2n) is 7.05. The molecular formula is C21H25N5O2. The first-order chi connectivity index (χ1) is 13.7. The number of aromatic nitrogens is 2.